The van der Waals surface area contributed by atoms with Crippen molar-refractivity contribution in [1.82, 2.24) is 9.88 Å². The van der Waals surface area contributed by atoms with E-state index in [0.717, 1.165) is 36.8 Å². The lowest BCUT2D eigenvalue weighted by molar-refractivity contribution is -0.137. The number of rotatable bonds is 3. The van der Waals surface area contributed by atoms with Gasteiger partial charge in [-0.1, -0.05) is 29.0 Å². The van der Waals surface area contributed by atoms with Crippen molar-refractivity contribution in [3.05, 3.63) is 45.2 Å². The van der Waals surface area contributed by atoms with Crippen LogP contribution in [-0.2, 0) is 11.2 Å². The third-order valence-electron chi connectivity index (χ3n) is 6.27. The summed E-state index contributed by atoms with van der Waals surface area (Å²) >= 11 is 7.00. The number of ketones is 1. The normalized spacial score (nSPS) is 24.8. The van der Waals surface area contributed by atoms with Crippen molar-refractivity contribution in [2.45, 2.75) is 38.1 Å². The number of anilines is 1. The number of Topliss-reactive ketones (excluding diaryl/α,β-unsaturated/α-hetero) is 1. The predicted molar refractivity (Wildman–Crippen MR) is 110 cm³/mol. The van der Waals surface area contributed by atoms with Crippen molar-refractivity contribution >= 4 is 45.7 Å². The third-order valence-corrected chi connectivity index (χ3v) is 7.64. The molecule has 2 bridgehead atoms. The SMILES string of the molecule is O=C1C[C@H](C(=O)N2C[C@@H]3CC[C@@H]2C3)Cc2nc(NC(=O)c3c(F)cccc3Cl)sc21. The minimum atomic E-state index is -0.733. The highest BCUT2D eigenvalue weighted by Crippen LogP contribution is 2.40. The highest BCUT2D eigenvalue weighted by molar-refractivity contribution is 7.17. The molecule has 9 heteroatoms. The maximum Gasteiger partial charge on any atom is 0.261 e. The second-order valence-electron chi connectivity index (χ2n) is 8.20. The van der Waals surface area contributed by atoms with Gasteiger partial charge in [0.1, 0.15) is 5.82 Å². The number of fused-ring (bicyclic) bond motifs is 3. The van der Waals surface area contributed by atoms with Crippen LogP contribution in [0.2, 0.25) is 5.02 Å². The zero-order valence-electron chi connectivity index (χ0n) is 16.0. The van der Waals surface area contributed by atoms with Gasteiger partial charge in [0, 0.05) is 25.4 Å². The van der Waals surface area contributed by atoms with Gasteiger partial charge in [0.05, 0.1) is 27.1 Å². The molecular weight excluding hydrogens is 429 g/mol. The average molecular weight is 448 g/mol. The molecule has 5 rings (SSSR count). The number of carbonyl (C=O) groups excluding carboxylic acids is 3. The molecule has 1 saturated heterocycles. The number of amides is 2. The van der Waals surface area contributed by atoms with Gasteiger partial charge < -0.3 is 4.90 Å². The minimum absolute atomic E-state index is 0.00420. The molecule has 1 aromatic heterocycles. The standard InChI is InChI=1S/C21H19ClFN3O3S/c22-13-2-1-3-14(23)17(13)19(28)25-21-24-15-7-11(8-16(27)18(15)30-21)20(29)26-9-10-4-5-12(26)6-10/h1-3,10-12H,4-9H2,(H,24,25,28)/t10-,11-,12-/m1/s1. The van der Waals surface area contributed by atoms with E-state index in [4.69, 9.17) is 11.6 Å². The second-order valence-corrected chi connectivity index (χ2v) is 9.60. The van der Waals surface area contributed by atoms with E-state index < -0.39 is 17.6 Å². The van der Waals surface area contributed by atoms with Crippen LogP contribution >= 0.6 is 22.9 Å². The van der Waals surface area contributed by atoms with Crippen LogP contribution in [0.4, 0.5) is 9.52 Å². The maximum absolute atomic E-state index is 14.0. The Labute approximate surface area is 181 Å². The molecule has 2 aliphatic carbocycles. The molecule has 2 heterocycles. The van der Waals surface area contributed by atoms with Crippen LogP contribution in [0.1, 0.15) is 51.4 Å². The number of piperidine rings is 1. The summed E-state index contributed by atoms with van der Waals surface area (Å²) in [6.07, 6.45) is 3.84. The number of thiazole rings is 1. The van der Waals surface area contributed by atoms with E-state index in [2.05, 4.69) is 10.3 Å². The van der Waals surface area contributed by atoms with Crippen molar-refractivity contribution in [3.63, 3.8) is 0 Å². The summed E-state index contributed by atoms with van der Waals surface area (Å²) in [5, 5.41) is 2.73. The number of hydrogen-bond donors (Lipinski definition) is 1. The van der Waals surface area contributed by atoms with Crippen LogP contribution in [-0.4, -0.2) is 40.1 Å². The smallest absolute Gasteiger partial charge is 0.261 e. The molecule has 6 nitrogen and oxygen atoms in total. The van der Waals surface area contributed by atoms with Crippen LogP contribution in [0.5, 0.6) is 0 Å². The summed E-state index contributed by atoms with van der Waals surface area (Å²) in [6.45, 7) is 0.794. The van der Waals surface area contributed by atoms with E-state index in [1.54, 1.807) is 0 Å². The van der Waals surface area contributed by atoms with Crippen molar-refractivity contribution in [1.29, 1.82) is 0 Å². The highest BCUT2D eigenvalue weighted by atomic mass is 35.5. The Morgan fingerprint density at radius 3 is 2.80 bits per heavy atom. The fourth-order valence-corrected chi connectivity index (χ4v) is 6.05. The van der Waals surface area contributed by atoms with Crippen molar-refractivity contribution in [3.8, 4) is 0 Å². The number of likely N-dealkylation sites (tertiary alicyclic amines) is 1. The van der Waals surface area contributed by atoms with Crippen molar-refractivity contribution in [2.75, 3.05) is 11.9 Å². The Morgan fingerprint density at radius 1 is 1.27 bits per heavy atom. The number of carbonyl (C=O) groups is 3. The van der Waals surface area contributed by atoms with E-state index in [9.17, 15) is 18.8 Å². The van der Waals surface area contributed by atoms with Crippen LogP contribution < -0.4 is 5.32 Å². The first kappa shape index (κ1) is 19.6. The zero-order chi connectivity index (χ0) is 21.0. The molecule has 30 heavy (non-hydrogen) atoms. The van der Waals surface area contributed by atoms with Gasteiger partial charge >= 0.3 is 0 Å². The van der Waals surface area contributed by atoms with E-state index in [0.29, 0.717) is 29.0 Å². The first-order valence-electron chi connectivity index (χ1n) is 9.99. The molecule has 1 N–H and O–H groups in total. The van der Waals surface area contributed by atoms with Gasteiger partial charge in [-0.25, -0.2) is 9.37 Å². The Morgan fingerprint density at radius 2 is 2.10 bits per heavy atom. The minimum Gasteiger partial charge on any atom is -0.339 e. The van der Waals surface area contributed by atoms with Crippen LogP contribution in [0, 0.1) is 17.7 Å². The molecule has 0 radical (unpaired) electrons. The van der Waals surface area contributed by atoms with Gasteiger partial charge in [0.15, 0.2) is 10.9 Å². The first-order chi connectivity index (χ1) is 14.4. The number of nitrogens with zero attached hydrogens (tertiary/aromatic N) is 2. The lowest BCUT2D eigenvalue weighted by atomic mass is 9.88. The first-order valence-corrected chi connectivity index (χ1v) is 11.2. The molecule has 1 saturated carbocycles. The van der Waals surface area contributed by atoms with E-state index in [-0.39, 0.29) is 33.8 Å². The molecule has 2 fully saturated rings. The van der Waals surface area contributed by atoms with Gasteiger partial charge in [-0.2, -0.15) is 0 Å². The Hall–Kier alpha value is -2.32. The molecule has 2 amide bonds. The molecule has 3 aliphatic rings. The van der Waals surface area contributed by atoms with Gasteiger partial charge in [0.2, 0.25) is 5.91 Å². The molecule has 3 atom stereocenters. The monoisotopic (exact) mass is 447 g/mol. The quantitative estimate of drug-likeness (QED) is 0.772. The Balaban J connectivity index is 1.33. The lowest BCUT2D eigenvalue weighted by Gasteiger charge is -2.31. The molecule has 2 aromatic rings. The molecule has 0 spiro atoms. The highest BCUT2D eigenvalue weighted by Gasteiger charge is 2.44. The molecular formula is C21H19ClFN3O3S. The van der Waals surface area contributed by atoms with Crippen LogP contribution in [0.15, 0.2) is 18.2 Å². The number of nitrogens with one attached hydrogen (secondary N) is 1. The Kier molecular flexibility index (Phi) is 4.86. The molecule has 1 aromatic carbocycles. The number of hydrogen-bond acceptors (Lipinski definition) is 5. The molecule has 0 unspecified atom stereocenters. The van der Waals surface area contributed by atoms with E-state index >= 15 is 0 Å². The zero-order valence-corrected chi connectivity index (χ0v) is 17.6. The fourth-order valence-electron chi connectivity index (χ4n) is 4.86. The Bertz CT molecular complexity index is 1050. The van der Waals surface area contributed by atoms with Gasteiger partial charge in [-0.3, -0.25) is 19.7 Å². The number of benzene rings is 1. The summed E-state index contributed by atoms with van der Waals surface area (Å²) < 4.78 is 14.0. The fraction of sp³-hybridized carbons (Fsp3) is 0.429. The number of aromatic nitrogens is 1. The van der Waals surface area contributed by atoms with Crippen LogP contribution in [0.25, 0.3) is 0 Å². The topological polar surface area (TPSA) is 79.4 Å². The molecule has 156 valence electrons. The van der Waals surface area contributed by atoms with Gasteiger partial charge in [-0.15, -0.1) is 0 Å². The third kappa shape index (κ3) is 3.32. The number of halogens is 2. The second kappa shape index (κ2) is 7.42. The van der Waals surface area contributed by atoms with Crippen molar-refractivity contribution < 1.29 is 18.8 Å². The van der Waals surface area contributed by atoms with Gasteiger partial charge in [-0.05, 0) is 37.3 Å². The average Bonchev–Trinajstić information content (AvgIpc) is 3.42. The summed E-state index contributed by atoms with van der Waals surface area (Å²) in [5.74, 6) is -1.37. The summed E-state index contributed by atoms with van der Waals surface area (Å²) in [6, 6.07) is 4.31. The predicted octanol–water partition coefficient (Wildman–Crippen LogP) is 3.94. The van der Waals surface area contributed by atoms with Crippen LogP contribution in [0.3, 0.4) is 0 Å². The summed E-state index contributed by atoms with van der Waals surface area (Å²) in [7, 11) is 0. The lowest BCUT2D eigenvalue weighted by Crippen LogP contribution is -2.43. The van der Waals surface area contributed by atoms with E-state index in [1.165, 1.54) is 18.6 Å². The van der Waals surface area contributed by atoms with Gasteiger partial charge in [0.25, 0.3) is 5.91 Å². The summed E-state index contributed by atoms with van der Waals surface area (Å²) in [4.78, 5) is 44.9. The van der Waals surface area contributed by atoms with E-state index in [1.807, 2.05) is 4.90 Å². The largest absolute Gasteiger partial charge is 0.339 e. The maximum atomic E-state index is 14.0. The summed E-state index contributed by atoms with van der Waals surface area (Å²) in [5.41, 5.74) is 0.254. The molecule has 1 aliphatic heterocycles. The van der Waals surface area contributed by atoms with Crippen molar-refractivity contribution in [2.24, 2.45) is 11.8 Å².